The Morgan fingerprint density at radius 2 is 1.84 bits per heavy atom. The van der Waals surface area contributed by atoms with Gasteiger partial charge in [0.05, 0.1) is 11.0 Å². The molecule has 0 aliphatic carbocycles. The highest BCUT2D eigenvalue weighted by molar-refractivity contribution is 5.80. The molecule has 96 valence electrons. The first-order valence-electron chi connectivity index (χ1n) is 6.07. The molecule has 2 N–H and O–H groups in total. The summed E-state index contributed by atoms with van der Waals surface area (Å²) in [5, 5.41) is 0. The van der Waals surface area contributed by atoms with E-state index in [9.17, 15) is 4.39 Å². The molecule has 4 heteroatoms. The molecule has 3 rings (SSSR count). The van der Waals surface area contributed by atoms with E-state index in [1.807, 2.05) is 32.0 Å². The van der Waals surface area contributed by atoms with Crippen molar-refractivity contribution in [1.29, 1.82) is 0 Å². The zero-order valence-corrected chi connectivity index (χ0v) is 10.8. The van der Waals surface area contributed by atoms with Crippen molar-refractivity contribution in [1.82, 2.24) is 9.55 Å². The maximum absolute atomic E-state index is 13.4. The van der Waals surface area contributed by atoms with Gasteiger partial charge in [-0.2, -0.15) is 0 Å². The molecule has 1 aromatic heterocycles. The molecule has 0 fully saturated rings. The fourth-order valence-corrected chi connectivity index (χ4v) is 2.20. The van der Waals surface area contributed by atoms with E-state index in [-0.39, 0.29) is 5.82 Å². The average molecular weight is 255 g/mol. The summed E-state index contributed by atoms with van der Waals surface area (Å²) in [6.45, 7) is 4.09. The van der Waals surface area contributed by atoms with Crippen molar-refractivity contribution in [3.63, 3.8) is 0 Å². The fraction of sp³-hybridized carbons (Fsp3) is 0.133. The largest absolute Gasteiger partial charge is 0.369 e. The van der Waals surface area contributed by atoms with Gasteiger partial charge < -0.3 is 5.73 Å². The summed E-state index contributed by atoms with van der Waals surface area (Å²) in [6.07, 6.45) is 0. The number of fused-ring (bicyclic) bond motifs is 1. The monoisotopic (exact) mass is 255 g/mol. The number of nitrogens with two attached hydrogens (primary N) is 1. The van der Waals surface area contributed by atoms with E-state index in [0.717, 1.165) is 11.3 Å². The lowest BCUT2D eigenvalue weighted by molar-refractivity contribution is 0.629. The van der Waals surface area contributed by atoms with E-state index in [1.54, 1.807) is 10.6 Å². The zero-order valence-electron chi connectivity index (χ0n) is 10.8. The molecule has 3 aromatic rings. The fourth-order valence-electron chi connectivity index (χ4n) is 2.20. The van der Waals surface area contributed by atoms with E-state index in [0.29, 0.717) is 17.0 Å². The molecule has 3 nitrogen and oxygen atoms in total. The summed E-state index contributed by atoms with van der Waals surface area (Å²) in [4.78, 5) is 4.26. The van der Waals surface area contributed by atoms with Crippen molar-refractivity contribution in [2.75, 3.05) is 5.73 Å². The van der Waals surface area contributed by atoms with Crippen LogP contribution in [0.4, 0.5) is 10.3 Å². The normalized spacial score (nSPS) is 11.1. The Labute approximate surface area is 110 Å². The second-order valence-corrected chi connectivity index (χ2v) is 4.71. The smallest absolute Gasteiger partial charge is 0.205 e. The number of aryl methyl sites for hydroxylation is 2. The van der Waals surface area contributed by atoms with Crippen LogP contribution in [0, 0.1) is 19.7 Å². The highest BCUT2D eigenvalue weighted by Gasteiger charge is 2.11. The van der Waals surface area contributed by atoms with Gasteiger partial charge in [0.1, 0.15) is 5.82 Å². The first-order valence-corrected chi connectivity index (χ1v) is 6.07. The lowest BCUT2D eigenvalue weighted by Gasteiger charge is -2.09. The van der Waals surface area contributed by atoms with Crippen LogP contribution in [0.3, 0.4) is 0 Å². The number of halogens is 1. The number of rotatable bonds is 1. The summed E-state index contributed by atoms with van der Waals surface area (Å²) in [5.41, 5.74) is 10.6. The predicted molar refractivity (Wildman–Crippen MR) is 74.9 cm³/mol. The Balaban J connectivity index is 2.31. The second-order valence-electron chi connectivity index (χ2n) is 4.71. The minimum Gasteiger partial charge on any atom is -0.369 e. The molecule has 1 heterocycles. The molecular formula is C15H14FN3. The maximum atomic E-state index is 13.4. The van der Waals surface area contributed by atoms with Crippen LogP contribution in [0.15, 0.2) is 36.4 Å². The molecule has 0 aliphatic rings. The van der Waals surface area contributed by atoms with Crippen LogP contribution in [0.25, 0.3) is 16.7 Å². The van der Waals surface area contributed by atoms with E-state index in [4.69, 9.17) is 5.73 Å². The molecule has 0 saturated carbocycles. The summed E-state index contributed by atoms with van der Waals surface area (Å²) < 4.78 is 15.2. The SMILES string of the molecule is Cc1ccc(-n2c(N)nc3ccc(F)cc32)cc1C. The van der Waals surface area contributed by atoms with E-state index < -0.39 is 0 Å². The van der Waals surface area contributed by atoms with Gasteiger partial charge in [-0.25, -0.2) is 9.37 Å². The number of hydrogen-bond donors (Lipinski definition) is 1. The van der Waals surface area contributed by atoms with E-state index >= 15 is 0 Å². The van der Waals surface area contributed by atoms with Crippen LogP contribution in [0.1, 0.15) is 11.1 Å². The molecular weight excluding hydrogens is 241 g/mol. The number of anilines is 1. The molecule has 0 atom stereocenters. The van der Waals surface area contributed by atoms with Gasteiger partial charge in [0, 0.05) is 11.8 Å². The molecule has 0 spiro atoms. The first-order chi connectivity index (χ1) is 9.06. The summed E-state index contributed by atoms with van der Waals surface area (Å²) in [6, 6.07) is 10.5. The number of nitrogens with zero attached hydrogens (tertiary/aromatic N) is 2. The van der Waals surface area contributed by atoms with Crippen LogP contribution in [-0.4, -0.2) is 9.55 Å². The summed E-state index contributed by atoms with van der Waals surface area (Å²) >= 11 is 0. The molecule has 0 unspecified atom stereocenters. The molecule has 19 heavy (non-hydrogen) atoms. The lowest BCUT2D eigenvalue weighted by atomic mass is 10.1. The topological polar surface area (TPSA) is 43.8 Å². The Morgan fingerprint density at radius 1 is 1.05 bits per heavy atom. The van der Waals surface area contributed by atoms with Gasteiger partial charge in [-0.1, -0.05) is 6.07 Å². The van der Waals surface area contributed by atoms with Crippen molar-refractivity contribution >= 4 is 17.0 Å². The van der Waals surface area contributed by atoms with Crippen molar-refractivity contribution in [3.05, 3.63) is 53.3 Å². The third-order valence-corrected chi connectivity index (χ3v) is 3.39. The number of benzene rings is 2. The predicted octanol–water partition coefficient (Wildman–Crippen LogP) is 3.36. The Kier molecular flexibility index (Phi) is 2.52. The van der Waals surface area contributed by atoms with Gasteiger partial charge >= 0.3 is 0 Å². The van der Waals surface area contributed by atoms with Crippen LogP contribution in [0.5, 0.6) is 0 Å². The zero-order chi connectivity index (χ0) is 13.6. The maximum Gasteiger partial charge on any atom is 0.205 e. The van der Waals surface area contributed by atoms with E-state index in [2.05, 4.69) is 4.98 Å². The van der Waals surface area contributed by atoms with Crippen LogP contribution in [-0.2, 0) is 0 Å². The molecule has 0 amide bonds. The molecule has 0 aliphatic heterocycles. The first kappa shape index (κ1) is 11.7. The third kappa shape index (κ3) is 1.85. The number of imidazole rings is 1. The number of hydrogen-bond acceptors (Lipinski definition) is 2. The standard InChI is InChI=1S/C15H14FN3/c1-9-3-5-12(7-10(9)2)19-14-8-11(16)4-6-13(14)18-15(19)17/h3-8H,1-2H3,(H2,17,18). The minimum atomic E-state index is -0.294. The highest BCUT2D eigenvalue weighted by Crippen LogP contribution is 2.25. The second kappa shape index (κ2) is 4.09. The molecule has 2 aromatic carbocycles. The lowest BCUT2D eigenvalue weighted by Crippen LogP contribution is -2.01. The van der Waals surface area contributed by atoms with Gasteiger partial charge in [0.2, 0.25) is 5.95 Å². The van der Waals surface area contributed by atoms with Gasteiger partial charge in [-0.15, -0.1) is 0 Å². The summed E-state index contributed by atoms with van der Waals surface area (Å²) in [5.74, 6) is 0.0707. The quantitative estimate of drug-likeness (QED) is 0.724. The molecule has 0 saturated heterocycles. The van der Waals surface area contributed by atoms with Crippen molar-refractivity contribution in [3.8, 4) is 5.69 Å². The van der Waals surface area contributed by atoms with Gasteiger partial charge in [-0.3, -0.25) is 4.57 Å². The minimum absolute atomic E-state index is 0.294. The average Bonchev–Trinajstić information content (AvgIpc) is 2.68. The Morgan fingerprint density at radius 3 is 2.58 bits per heavy atom. The van der Waals surface area contributed by atoms with Crippen LogP contribution >= 0.6 is 0 Å². The van der Waals surface area contributed by atoms with Gasteiger partial charge in [-0.05, 0) is 49.2 Å². The van der Waals surface area contributed by atoms with Crippen LogP contribution in [0.2, 0.25) is 0 Å². The van der Waals surface area contributed by atoms with Gasteiger partial charge in [0.15, 0.2) is 0 Å². The Hall–Kier alpha value is -2.36. The third-order valence-electron chi connectivity index (χ3n) is 3.39. The molecule has 0 radical (unpaired) electrons. The highest BCUT2D eigenvalue weighted by atomic mass is 19.1. The Bertz CT molecular complexity index is 774. The van der Waals surface area contributed by atoms with Gasteiger partial charge in [0.25, 0.3) is 0 Å². The summed E-state index contributed by atoms with van der Waals surface area (Å²) in [7, 11) is 0. The molecule has 0 bridgehead atoms. The number of nitrogen functional groups attached to an aromatic ring is 1. The van der Waals surface area contributed by atoms with Crippen molar-refractivity contribution < 1.29 is 4.39 Å². The van der Waals surface area contributed by atoms with Crippen molar-refractivity contribution in [2.24, 2.45) is 0 Å². The number of aromatic nitrogens is 2. The van der Waals surface area contributed by atoms with Crippen molar-refractivity contribution in [2.45, 2.75) is 13.8 Å². The van der Waals surface area contributed by atoms with E-state index in [1.165, 1.54) is 17.7 Å². The van der Waals surface area contributed by atoms with Crippen LogP contribution < -0.4 is 5.73 Å².